The van der Waals surface area contributed by atoms with Crippen molar-refractivity contribution in [2.75, 3.05) is 42.1 Å². The summed E-state index contributed by atoms with van der Waals surface area (Å²) < 4.78 is 25.2. The van der Waals surface area contributed by atoms with E-state index in [1.807, 2.05) is 48.8 Å². The van der Waals surface area contributed by atoms with Crippen molar-refractivity contribution in [2.24, 2.45) is 0 Å². The average Bonchev–Trinajstić information content (AvgIpc) is 3.02. The van der Waals surface area contributed by atoms with Crippen LogP contribution in [0.2, 0.25) is 0 Å². The molecule has 9 nitrogen and oxygen atoms in total. The number of fused-ring (bicyclic) bond motifs is 1. The summed E-state index contributed by atoms with van der Waals surface area (Å²) in [4.78, 5) is 31.3. The molecule has 3 heterocycles. The first kappa shape index (κ1) is 29.4. The van der Waals surface area contributed by atoms with Crippen LogP contribution in [0.25, 0.3) is 22.2 Å². The maximum absolute atomic E-state index is 12.7. The molecule has 0 radical (unpaired) electrons. The summed E-state index contributed by atoms with van der Waals surface area (Å²) in [5, 5.41) is 0. The maximum atomic E-state index is 12.7. The topological polar surface area (TPSA) is 108 Å². The quantitative estimate of drug-likeness (QED) is 0.243. The fraction of sp³-hybridized carbons (Fsp3) is 0.235. The molecule has 0 unspecified atom stereocenters. The summed E-state index contributed by atoms with van der Waals surface area (Å²) in [6.07, 6.45) is 7.32. The highest BCUT2D eigenvalue weighted by atomic mass is 32.2. The zero-order valence-electron chi connectivity index (χ0n) is 24.6. The largest absolute Gasteiger partial charge is 0.353 e. The van der Waals surface area contributed by atoms with Crippen LogP contribution in [-0.4, -0.2) is 66.5 Å². The van der Waals surface area contributed by atoms with E-state index in [1.165, 1.54) is 5.56 Å². The first-order valence-corrected chi connectivity index (χ1v) is 16.5. The number of hydrogen-bond acceptors (Lipinski definition) is 8. The lowest BCUT2D eigenvalue weighted by Gasteiger charge is -2.35. The number of pyridine rings is 1. The zero-order chi connectivity index (χ0) is 30.5. The van der Waals surface area contributed by atoms with E-state index in [2.05, 4.69) is 42.7 Å². The first-order valence-electron chi connectivity index (χ1n) is 14.6. The molecule has 5 aromatic rings. The number of anilines is 2. The second kappa shape index (κ2) is 12.9. The third-order valence-electron chi connectivity index (χ3n) is 7.70. The van der Waals surface area contributed by atoms with Crippen LogP contribution in [-0.2, 0) is 34.2 Å². The number of carbonyl (C=O) groups is 1. The number of rotatable bonds is 10. The normalized spacial score (nSPS) is 14.1. The predicted molar refractivity (Wildman–Crippen MR) is 174 cm³/mol. The molecule has 0 atom stereocenters. The van der Waals surface area contributed by atoms with E-state index in [0.717, 1.165) is 78.1 Å². The predicted octanol–water partition coefficient (Wildman–Crippen LogP) is 4.74. The number of piperazine rings is 1. The number of hydrogen-bond donors (Lipinski definition) is 1. The standard InChI is InChI=1S/C34H34N6O3S/c1-44(42,43)38-30-11-6-26(7-12-30)20-31(41)19-25-4-8-28(9-5-25)29-10-13-32-33(21-29)37-34(23-36-32)40-17-15-39(16-18-40)24-27-3-2-14-35-22-27/h2-14,21-23,38H,15-20,24H2,1H3. The molecular weight excluding hydrogens is 572 g/mol. The van der Waals surface area contributed by atoms with Gasteiger partial charge in [0, 0.05) is 63.6 Å². The van der Waals surface area contributed by atoms with Crippen LogP contribution < -0.4 is 9.62 Å². The number of benzene rings is 3. The molecule has 6 rings (SSSR count). The Hall–Kier alpha value is -4.67. The molecule has 10 heteroatoms. The molecule has 0 saturated carbocycles. The van der Waals surface area contributed by atoms with Gasteiger partial charge in [-0.25, -0.2) is 13.4 Å². The zero-order valence-corrected chi connectivity index (χ0v) is 25.4. The summed E-state index contributed by atoms with van der Waals surface area (Å²) in [6.45, 7) is 4.61. The van der Waals surface area contributed by atoms with Gasteiger partial charge in [0.25, 0.3) is 0 Å². The van der Waals surface area contributed by atoms with Crippen molar-refractivity contribution in [3.63, 3.8) is 0 Å². The monoisotopic (exact) mass is 606 g/mol. The maximum Gasteiger partial charge on any atom is 0.229 e. The Labute approximate surface area is 257 Å². The second-order valence-corrected chi connectivity index (χ2v) is 13.0. The summed E-state index contributed by atoms with van der Waals surface area (Å²) in [5.41, 5.74) is 7.30. The minimum atomic E-state index is -3.33. The van der Waals surface area contributed by atoms with Crippen molar-refractivity contribution < 1.29 is 13.2 Å². The molecular formula is C34H34N6O3S. The van der Waals surface area contributed by atoms with Crippen molar-refractivity contribution in [2.45, 2.75) is 19.4 Å². The van der Waals surface area contributed by atoms with Crippen LogP contribution in [0, 0.1) is 0 Å². The smallest absolute Gasteiger partial charge is 0.229 e. The molecule has 1 aliphatic heterocycles. The minimum absolute atomic E-state index is 0.0907. The summed E-state index contributed by atoms with van der Waals surface area (Å²) in [6, 6.07) is 25.2. The lowest BCUT2D eigenvalue weighted by atomic mass is 9.99. The lowest BCUT2D eigenvalue weighted by molar-refractivity contribution is -0.117. The van der Waals surface area contributed by atoms with Crippen LogP contribution in [0.1, 0.15) is 16.7 Å². The summed E-state index contributed by atoms with van der Waals surface area (Å²) in [7, 11) is -3.33. The average molecular weight is 607 g/mol. The Morgan fingerprint density at radius 1 is 0.795 bits per heavy atom. The SMILES string of the molecule is CS(=O)(=O)Nc1ccc(CC(=O)Cc2ccc(-c3ccc4ncc(N5CCN(Cc6cccnc6)CC5)nc4c3)cc2)cc1. The number of sulfonamides is 1. The van der Waals surface area contributed by atoms with E-state index in [-0.39, 0.29) is 12.2 Å². The minimum Gasteiger partial charge on any atom is -0.353 e. The third kappa shape index (κ3) is 7.64. The summed E-state index contributed by atoms with van der Waals surface area (Å²) >= 11 is 0. The van der Waals surface area contributed by atoms with Crippen LogP contribution in [0.5, 0.6) is 0 Å². The molecule has 1 N–H and O–H groups in total. The Morgan fingerprint density at radius 3 is 2.14 bits per heavy atom. The highest BCUT2D eigenvalue weighted by Gasteiger charge is 2.19. The highest BCUT2D eigenvalue weighted by molar-refractivity contribution is 7.92. The van der Waals surface area contributed by atoms with Crippen LogP contribution in [0.3, 0.4) is 0 Å². The van der Waals surface area contributed by atoms with Gasteiger partial charge in [0.15, 0.2) is 0 Å². The molecule has 0 aliphatic carbocycles. The second-order valence-electron chi connectivity index (χ2n) is 11.2. The van der Waals surface area contributed by atoms with Crippen molar-refractivity contribution in [3.8, 4) is 11.1 Å². The van der Waals surface area contributed by atoms with Gasteiger partial charge in [0.1, 0.15) is 11.6 Å². The van der Waals surface area contributed by atoms with Crippen LogP contribution in [0.4, 0.5) is 11.5 Å². The van der Waals surface area contributed by atoms with E-state index in [0.29, 0.717) is 12.1 Å². The van der Waals surface area contributed by atoms with Gasteiger partial charge < -0.3 is 4.90 Å². The summed E-state index contributed by atoms with van der Waals surface area (Å²) in [5.74, 6) is 0.985. The van der Waals surface area contributed by atoms with Crippen molar-refractivity contribution >= 4 is 38.3 Å². The number of ketones is 1. The van der Waals surface area contributed by atoms with E-state index < -0.39 is 10.0 Å². The van der Waals surface area contributed by atoms with E-state index >= 15 is 0 Å². The number of nitrogens with one attached hydrogen (secondary N) is 1. The van der Waals surface area contributed by atoms with Gasteiger partial charge in [0.05, 0.1) is 23.5 Å². The van der Waals surface area contributed by atoms with Gasteiger partial charge in [-0.2, -0.15) is 0 Å². The number of aromatic nitrogens is 3. The number of Topliss-reactive ketones (excluding diaryl/α,β-unsaturated/α-hetero) is 1. The van der Waals surface area contributed by atoms with Gasteiger partial charge in [-0.1, -0.05) is 48.5 Å². The molecule has 2 aromatic heterocycles. The molecule has 1 saturated heterocycles. The van der Waals surface area contributed by atoms with Gasteiger partial charge in [-0.15, -0.1) is 0 Å². The van der Waals surface area contributed by atoms with Crippen molar-refractivity contribution in [1.29, 1.82) is 0 Å². The number of carbonyl (C=O) groups excluding carboxylic acids is 1. The fourth-order valence-electron chi connectivity index (χ4n) is 5.46. The van der Waals surface area contributed by atoms with E-state index in [1.54, 1.807) is 30.5 Å². The molecule has 44 heavy (non-hydrogen) atoms. The van der Waals surface area contributed by atoms with Gasteiger partial charge in [0.2, 0.25) is 10.0 Å². The van der Waals surface area contributed by atoms with E-state index in [4.69, 9.17) is 4.98 Å². The molecule has 1 fully saturated rings. The van der Waals surface area contributed by atoms with Gasteiger partial charge in [-0.05, 0) is 58.1 Å². The third-order valence-corrected chi connectivity index (χ3v) is 8.31. The van der Waals surface area contributed by atoms with Crippen LogP contribution >= 0.6 is 0 Å². The molecule has 0 bridgehead atoms. The highest BCUT2D eigenvalue weighted by Crippen LogP contribution is 2.25. The number of nitrogens with zero attached hydrogens (tertiary/aromatic N) is 5. The lowest BCUT2D eigenvalue weighted by Crippen LogP contribution is -2.46. The van der Waals surface area contributed by atoms with Gasteiger partial charge >= 0.3 is 0 Å². The Morgan fingerprint density at radius 2 is 1.48 bits per heavy atom. The van der Waals surface area contributed by atoms with Crippen molar-refractivity contribution in [3.05, 3.63) is 114 Å². The Kier molecular flexibility index (Phi) is 8.63. The Balaban J connectivity index is 1.07. The van der Waals surface area contributed by atoms with Gasteiger partial charge in [-0.3, -0.25) is 24.4 Å². The fourth-order valence-corrected chi connectivity index (χ4v) is 6.02. The first-order chi connectivity index (χ1) is 21.3. The van der Waals surface area contributed by atoms with E-state index in [9.17, 15) is 13.2 Å². The molecule has 0 amide bonds. The molecule has 224 valence electrons. The molecule has 0 spiro atoms. The molecule has 1 aliphatic rings. The Bertz CT molecular complexity index is 1860. The van der Waals surface area contributed by atoms with Crippen LogP contribution in [0.15, 0.2) is 97.5 Å². The molecule has 3 aromatic carbocycles. The van der Waals surface area contributed by atoms with Crippen molar-refractivity contribution in [1.82, 2.24) is 19.9 Å².